The van der Waals surface area contributed by atoms with E-state index in [0.717, 1.165) is 8.66 Å². The zero-order chi connectivity index (χ0) is 9.97. The molecule has 0 spiro atoms. The van der Waals surface area contributed by atoms with Gasteiger partial charge in [-0.2, -0.15) is 0 Å². The molecule has 2 aromatic heterocycles. The topological polar surface area (TPSA) is 50.9 Å². The Hall–Kier alpha value is -0.270. The van der Waals surface area contributed by atoms with Crippen LogP contribution in [0.4, 0.5) is 0 Å². The molecule has 74 valence electrons. The van der Waals surface area contributed by atoms with Crippen molar-refractivity contribution in [3.8, 4) is 0 Å². The van der Waals surface area contributed by atoms with Gasteiger partial charge in [0.05, 0.1) is 9.83 Å². The van der Waals surface area contributed by atoms with Crippen LogP contribution in [0.5, 0.6) is 0 Å². The van der Waals surface area contributed by atoms with Crippen molar-refractivity contribution in [2.24, 2.45) is 5.84 Å². The van der Waals surface area contributed by atoms with Gasteiger partial charge >= 0.3 is 0 Å². The maximum Gasteiger partial charge on any atom is 0.0910 e. The highest BCUT2D eigenvalue weighted by molar-refractivity contribution is 9.11. The van der Waals surface area contributed by atoms with Gasteiger partial charge in [0, 0.05) is 16.0 Å². The number of hydrazine groups is 1. The number of nitrogens with two attached hydrogens (primary N) is 1. The van der Waals surface area contributed by atoms with Crippen molar-refractivity contribution < 1.29 is 0 Å². The van der Waals surface area contributed by atoms with Crippen LogP contribution in [0, 0.1) is 0 Å². The summed E-state index contributed by atoms with van der Waals surface area (Å²) in [5.41, 5.74) is 2.79. The summed E-state index contributed by atoms with van der Waals surface area (Å²) in [6, 6.07) is 6.10. The van der Waals surface area contributed by atoms with Gasteiger partial charge in [-0.15, -0.1) is 11.3 Å². The van der Waals surface area contributed by atoms with Crippen molar-refractivity contribution in [2.45, 2.75) is 6.04 Å². The lowest BCUT2D eigenvalue weighted by molar-refractivity contribution is 0.656. The van der Waals surface area contributed by atoms with Gasteiger partial charge in [0.25, 0.3) is 0 Å². The van der Waals surface area contributed by atoms with Crippen molar-refractivity contribution in [1.29, 1.82) is 0 Å². The van der Waals surface area contributed by atoms with E-state index >= 15 is 0 Å². The van der Waals surface area contributed by atoms with Crippen LogP contribution in [-0.4, -0.2) is 4.37 Å². The third kappa shape index (κ3) is 2.04. The van der Waals surface area contributed by atoms with Crippen LogP contribution in [0.1, 0.15) is 15.8 Å². The molecule has 2 heterocycles. The Morgan fingerprint density at radius 2 is 2.21 bits per heavy atom. The Labute approximate surface area is 98.2 Å². The van der Waals surface area contributed by atoms with E-state index in [1.165, 1.54) is 16.4 Å². The molecule has 0 saturated heterocycles. The summed E-state index contributed by atoms with van der Waals surface area (Å²) in [4.78, 5) is 2.31. The minimum Gasteiger partial charge on any atom is -0.271 e. The monoisotopic (exact) mass is 289 g/mol. The third-order valence-corrected chi connectivity index (χ3v) is 4.29. The Bertz CT molecular complexity index is 398. The molecule has 1 atom stereocenters. The van der Waals surface area contributed by atoms with Crippen molar-refractivity contribution in [2.75, 3.05) is 0 Å². The molecule has 6 heteroatoms. The average Bonchev–Trinajstić information content (AvgIpc) is 2.79. The predicted octanol–water partition coefficient (Wildman–Crippen LogP) is 2.52. The number of rotatable bonds is 3. The van der Waals surface area contributed by atoms with Crippen LogP contribution in [0.25, 0.3) is 0 Å². The van der Waals surface area contributed by atoms with Gasteiger partial charge in [-0.25, -0.2) is 9.80 Å². The molecule has 2 rings (SSSR count). The highest BCUT2D eigenvalue weighted by Crippen LogP contribution is 2.31. The fourth-order valence-corrected chi connectivity index (χ4v) is 3.41. The maximum atomic E-state index is 5.53. The number of nitrogens with one attached hydrogen (secondary N) is 1. The van der Waals surface area contributed by atoms with Crippen molar-refractivity contribution in [3.63, 3.8) is 0 Å². The Morgan fingerprint density at radius 3 is 2.71 bits per heavy atom. The van der Waals surface area contributed by atoms with Crippen LogP contribution in [0.3, 0.4) is 0 Å². The van der Waals surface area contributed by atoms with E-state index in [1.54, 1.807) is 17.5 Å². The van der Waals surface area contributed by atoms with Gasteiger partial charge in [-0.05, 0) is 45.7 Å². The first-order valence-corrected chi connectivity index (χ1v) is 6.31. The molecule has 3 N–H and O–H groups in total. The van der Waals surface area contributed by atoms with Crippen LogP contribution < -0.4 is 11.3 Å². The zero-order valence-corrected chi connectivity index (χ0v) is 10.3. The third-order valence-electron chi connectivity index (χ3n) is 1.79. The number of halogens is 1. The molecule has 3 nitrogen and oxygen atoms in total. The summed E-state index contributed by atoms with van der Waals surface area (Å²) < 4.78 is 5.17. The average molecular weight is 290 g/mol. The number of nitrogens with zero attached hydrogens (tertiary/aromatic N) is 1. The Kier molecular flexibility index (Phi) is 3.30. The molecule has 14 heavy (non-hydrogen) atoms. The largest absolute Gasteiger partial charge is 0.271 e. The Balaban J connectivity index is 2.31. The molecule has 0 aromatic carbocycles. The first-order valence-electron chi connectivity index (χ1n) is 3.93. The van der Waals surface area contributed by atoms with E-state index in [9.17, 15) is 0 Å². The highest BCUT2D eigenvalue weighted by atomic mass is 79.9. The molecular weight excluding hydrogens is 282 g/mol. The fraction of sp³-hybridized carbons (Fsp3) is 0.125. The van der Waals surface area contributed by atoms with Gasteiger partial charge in [0.15, 0.2) is 0 Å². The molecule has 2 aromatic rings. The molecule has 0 aliphatic carbocycles. The van der Waals surface area contributed by atoms with Crippen molar-refractivity contribution >= 4 is 38.8 Å². The quantitative estimate of drug-likeness (QED) is 0.674. The lowest BCUT2D eigenvalue weighted by Gasteiger charge is -2.10. The zero-order valence-electron chi connectivity index (χ0n) is 7.11. The first kappa shape index (κ1) is 10.3. The second-order valence-electron chi connectivity index (χ2n) is 2.66. The van der Waals surface area contributed by atoms with E-state index < -0.39 is 0 Å². The second-order valence-corrected chi connectivity index (χ2v) is 6.02. The van der Waals surface area contributed by atoms with Crippen LogP contribution in [-0.2, 0) is 0 Å². The van der Waals surface area contributed by atoms with Crippen molar-refractivity contribution in [3.05, 3.63) is 37.9 Å². The van der Waals surface area contributed by atoms with Crippen LogP contribution in [0.2, 0.25) is 0 Å². The Morgan fingerprint density at radius 1 is 1.36 bits per heavy atom. The normalized spacial score (nSPS) is 13.0. The number of hydrogen-bond acceptors (Lipinski definition) is 5. The van der Waals surface area contributed by atoms with Crippen LogP contribution >= 0.6 is 38.8 Å². The molecule has 0 radical (unpaired) electrons. The van der Waals surface area contributed by atoms with Gasteiger partial charge in [0.2, 0.25) is 0 Å². The summed E-state index contributed by atoms with van der Waals surface area (Å²) in [7, 11) is 0. The highest BCUT2D eigenvalue weighted by Gasteiger charge is 2.15. The minimum atomic E-state index is 0.0544. The molecule has 0 fully saturated rings. The molecule has 1 unspecified atom stereocenters. The number of aromatic nitrogens is 1. The van der Waals surface area contributed by atoms with E-state index in [1.807, 2.05) is 12.1 Å². The summed E-state index contributed by atoms with van der Waals surface area (Å²) >= 11 is 6.56. The summed E-state index contributed by atoms with van der Waals surface area (Å²) in [6.07, 6.45) is 1.78. The number of hydrogen-bond donors (Lipinski definition) is 2. The molecule has 0 amide bonds. The summed E-state index contributed by atoms with van der Waals surface area (Å²) in [5, 5.41) is 0. The molecule has 0 bridgehead atoms. The molecule has 0 aliphatic heterocycles. The molecule has 0 aliphatic rings. The summed E-state index contributed by atoms with van der Waals surface area (Å²) in [5.74, 6) is 5.53. The van der Waals surface area contributed by atoms with Gasteiger partial charge < -0.3 is 0 Å². The molecular formula is C8H8BrN3S2. The SMILES string of the molecule is NNC(c1ccns1)c1ccc(Br)s1. The van der Waals surface area contributed by atoms with E-state index in [2.05, 4.69) is 31.8 Å². The van der Waals surface area contributed by atoms with Crippen molar-refractivity contribution in [1.82, 2.24) is 9.80 Å². The van der Waals surface area contributed by atoms with E-state index in [-0.39, 0.29) is 6.04 Å². The van der Waals surface area contributed by atoms with Gasteiger partial charge in [-0.3, -0.25) is 5.84 Å². The van der Waals surface area contributed by atoms with E-state index in [0.29, 0.717) is 0 Å². The second kappa shape index (κ2) is 4.50. The lowest BCUT2D eigenvalue weighted by Crippen LogP contribution is -2.27. The molecule has 0 saturated carbocycles. The van der Waals surface area contributed by atoms with E-state index in [4.69, 9.17) is 5.84 Å². The lowest BCUT2D eigenvalue weighted by atomic mass is 10.2. The predicted molar refractivity (Wildman–Crippen MR) is 63.3 cm³/mol. The number of thiophene rings is 1. The maximum absolute atomic E-state index is 5.53. The fourth-order valence-electron chi connectivity index (χ4n) is 1.16. The summed E-state index contributed by atoms with van der Waals surface area (Å²) in [6.45, 7) is 0. The van der Waals surface area contributed by atoms with Gasteiger partial charge in [0.1, 0.15) is 0 Å². The smallest absolute Gasteiger partial charge is 0.0910 e. The minimum absolute atomic E-state index is 0.0544. The van der Waals surface area contributed by atoms with Gasteiger partial charge in [-0.1, -0.05) is 0 Å². The standard InChI is InChI=1S/C8H8BrN3S2/c9-7-2-1-5(13-7)8(12-10)6-3-4-11-14-6/h1-4,8,12H,10H2. The first-order chi connectivity index (χ1) is 6.81. The van der Waals surface area contributed by atoms with Crippen LogP contribution in [0.15, 0.2) is 28.2 Å².